The monoisotopic (exact) mass is 323 g/mol. The fourth-order valence-electron chi connectivity index (χ4n) is 2.44. The van der Waals surface area contributed by atoms with Crippen LogP contribution in [0.15, 0.2) is 48.5 Å². The van der Waals surface area contributed by atoms with Gasteiger partial charge in [0.1, 0.15) is 5.82 Å². The summed E-state index contributed by atoms with van der Waals surface area (Å²) in [6.45, 7) is 0. The van der Waals surface area contributed by atoms with Gasteiger partial charge in [0.25, 0.3) is 0 Å². The lowest BCUT2D eigenvalue weighted by Crippen LogP contribution is -2.20. The van der Waals surface area contributed by atoms with Gasteiger partial charge in [-0.1, -0.05) is 6.07 Å². The predicted molar refractivity (Wildman–Crippen MR) is 86.4 cm³/mol. The van der Waals surface area contributed by atoms with E-state index in [9.17, 15) is 14.0 Å². The predicted octanol–water partition coefficient (Wildman–Crippen LogP) is 2.91. The Morgan fingerprint density at radius 2 is 1.62 bits per heavy atom. The number of benzene rings is 2. The highest BCUT2D eigenvalue weighted by molar-refractivity contribution is 6.03. The molecule has 1 aliphatic rings. The van der Waals surface area contributed by atoms with Crippen molar-refractivity contribution >= 4 is 23.2 Å². The number of nitrogens with one attached hydrogen (secondary N) is 2. The summed E-state index contributed by atoms with van der Waals surface area (Å²) in [6, 6.07) is 14.1. The van der Waals surface area contributed by atoms with Crippen molar-refractivity contribution in [2.24, 2.45) is 11.8 Å². The second kappa shape index (κ2) is 6.50. The maximum Gasteiger partial charge on any atom is 0.228 e. The number of rotatable bonds is 4. The number of carbonyl (C=O) groups excluding carboxylic acids is 2. The first-order chi connectivity index (χ1) is 11.6. The van der Waals surface area contributed by atoms with Crippen LogP contribution in [0, 0.1) is 29.0 Å². The fourth-order valence-corrected chi connectivity index (χ4v) is 2.44. The number of nitrogens with zero attached hydrogens (tertiary/aromatic N) is 1. The van der Waals surface area contributed by atoms with Crippen LogP contribution in [-0.4, -0.2) is 11.8 Å². The molecule has 24 heavy (non-hydrogen) atoms. The number of anilines is 2. The van der Waals surface area contributed by atoms with Crippen LogP contribution in [0.1, 0.15) is 12.0 Å². The molecular weight excluding hydrogens is 309 g/mol. The van der Waals surface area contributed by atoms with Gasteiger partial charge in [-0.2, -0.15) is 5.26 Å². The molecule has 5 nitrogen and oxygen atoms in total. The molecule has 2 N–H and O–H groups in total. The normalized spacial score (nSPS) is 18.3. The summed E-state index contributed by atoms with van der Waals surface area (Å²) in [5.74, 6) is -1.76. The molecule has 2 unspecified atom stereocenters. The second-order valence-corrected chi connectivity index (χ2v) is 5.63. The van der Waals surface area contributed by atoms with Gasteiger partial charge >= 0.3 is 0 Å². The number of hydrogen-bond acceptors (Lipinski definition) is 3. The van der Waals surface area contributed by atoms with Gasteiger partial charge in [-0.05, 0) is 48.9 Å². The van der Waals surface area contributed by atoms with Gasteiger partial charge in [-0.15, -0.1) is 0 Å². The van der Waals surface area contributed by atoms with Crippen LogP contribution in [0.4, 0.5) is 15.8 Å². The van der Waals surface area contributed by atoms with E-state index in [-0.39, 0.29) is 11.8 Å². The van der Waals surface area contributed by atoms with E-state index < -0.39 is 17.7 Å². The maximum absolute atomic E-state index is 13.1. The SMILES string of the molecule is N#Cc1ccc(NC(=O)C2CC2C(=O)Nc2cccc(F)c2)cc1. The van der Waals surface area contributed by atoms with Crippen molar-refractivity contribution < 1.29 is 14.0 Å². The van der Waals surface area contributed by atoms with E-state index in [4.69, 9.17) is 5.26 Å². The van der Waals surface area contributed by atoms with E-state index in [2.05, 4.69) is 10.6 Å². The Labute approximate surface area is 138 Å². The van der Waals surface area contributed by atoms with Crippen LogP contribution in [0.5, 0.6) is 0 Å². The van der Waals surface area contributed by atoms with Crippen molar-refractivity contribution in [1.29, 1.82) is 5.26 Å². The van der Waals surface area contributed by atoms with Crippen LogP contribution in [-0.2, 0) is 9.59 Å². The summed E-state index contributed by atoms with van der Waals surface area (Å²) < 4.78 is 13.1. The van der Waals surface area contributed by atoms with Crippen molar-refractivity contribution in [3.63, 3.8) is 0 Å². The average molecular weight is 323 g/mol. The molecule has 0 aromatic heterocycles. The molecule has 1 fully saturated rings. The second-order valence-electron chi connectivity index (χ2n) is 5.63. The van der Waals surface area contributed by atoms with Gasteiger partial charge in [-0.25, -0.2) is 4.39 Å². The fraction of sp³-hybridized carbons (Fsp3) is 0.167. The van der Waals surface area contributed by atoms with E-state index >= 15 is 0 Å². The lowest BCUT2D eigenvalue weighted by molar-refractivity contribution is -0.122. The van der Waals surface area contributed by atoms with E-state index in [1.165, 1.54) is 18.2 Å². The average Bonchev–Trinajstić information content (AvgIpc) is 3.36. The minimum Gasteiger partial charge on any atom is -0.326 e. The van der Waals surface area contributed by atoms with Crippen LogP contribution in [0.25, 0.3) is 0 Å². The molecule has 2 atom stereocenters. The molecule has 0 saturated heterocycles. The first-order valence-corrected chi connectivity index (χ1v) is 7.44. The molecule has 2 aromatic carbocycles. The van der Waals surface area contributed by atoms with Crippen molar-refractivity contribution in [2.75, 3.05) is 10.6 Å². The summed E-state index contributed by atoms with van der Waals surface area (Å²) in [5.41, 5.74) is 1.46. The minimum absolute atomic E-state index is 0.237. The summed E-state index contributed by atoms with van der Waals surface area (Å²) >= 11 is 0. The van der Waals surface area contributed by atoms with Crippen LogP contribution >= 0.6 is 0 Å². The van der Waals surface area contributed by atoms with Crippen LogP contribution in [0.3, 0.4) is 0 Å². The molecule has 1 saturated carbocycles. The van der Waals surface area contributed by atoms with Gasteiger partial charge in [0.2, 0.25) is 11.8 Å². The van der Waals surface area contributed by atoms with Crippen molar-refractivity contribution in [3.05, 3.63) is 59.9 Å². The largest absolute Gasteiger partial charge is 0.326 e. The van der Waals surface area contributed by atoms with Gasteiger partial charge in [0, 0.05) is 11.4 Å². The van der Waals surface area contributed by atoms with Crippen molar-refractivity contribution in [2.45, 2.75) is 6.42 Å². The van der Waals surface area contributed by atoms with Gasteiger partial charge in [0.05, 0.1) is 23.5 Å². The third-order valence-electron chi connectivity index (χ3n) is 3.84. The topological polar surface area (TPSA) is 82.0 Å². The summed E-state index contributed by atoms with van der Waals surface area (Å²) in [4.78, 5) is 24.2. The van der Waals surface area contributed by atoms with Gasteiger partial charge in [0.15, 0.2) is 0 Å². The Bertz CT molecular complexity index is 827. The Balaban J connectivity index is 1.55. The Kier molecular flexibility index (Phi) is 4.25. The van der Waals surface area contributed by atoms with E-state index in [0.29, 0.717) is 23.4 Å². The van der Waals surface area contributed by atoms with E-state index in [1.807, 2.05) is 6.07 Å². The lowest BCUT2D eigenvalue weighted by Gasteiger charge is -2.06. The Morgan fingerprint density at radius 1 is 1.00 bits per heavy atom. The summed E-state index contributed by atoms with van der Waals surface area (Å²) in [5, 5.41) is 14.1. The number of amides is 2. The zero-order valence-electron chi connectivity index (χ0n) is 12.6. The third kappa shape index (κ3) is 3.58. The summed E-state index contributed by atoms with van der Waals surface area (Å²) in [7, 11) is 0. The number of nitriles is 1. The van der Waals surface area contributed by atoms with Crippen molar-refractivity contribution in [3.8, 4) is 6.07 Å². The summed E-state index contributed by atoms with van der Waals surface area (Å²) in [6.07, 6.45) is 0.462. The molecule has 3 rings (SSSR count). The first-order valence-electron chi connectivity index (χ1n) is 7.44. The molecule has 120 valence electrons. The van der Waals surface area contributed by atoms with E-state index in [0.717, 1.165) is 0 Å². The van der Waals surface area contributed by atoms with Crippen LogP contribution < -0.4 is 10.6 Å². The molecule has 1 aliphatic carbocycles. The molecule has 6 heteroatoms. The third-order valence-corrected chi connectivity index (χ3v) is 3.84. The standard InChI is InChI=1S/C18H14FN3O2/c19-12-2-1-3-14(8-12)22-18(24)16-9-15(16)17(23)21-13-6-4-11(10-20)5-7-13/h1-8,15-16H,9H2,(H,21,23)(H,22,24). The molecule has 0 radical (unpaired) electrons. The first kappa shape index (κ1) is 15.7. The number of halogens is 1. The molecule has 0 bridgehead atoms. The highest BCUT2D eigenvalue weighted by Crippen LogP contribution is 2.40. The quantitative estimate of drug-likeness (QED) is 0.907. The molecule has 2 amide bonds. The van der Waals surface area contributed by atoms with Gasteiger partial charge in [-0.3, -0.25) is 9.59 Å². The maximum atomic E-state index is 13.1. The van der Waals surface area contributed by atoms with Gasteiger partial charge < -0.3 is 10.6 Å². The zero-order valence-corrected chi connectivity index (χ0v) is 12.6. The van der Waals surface area contributed by atoms with Crippen LogP contribution in [0.2, 0.25) is 0 Å². The highest BCUT2D eigenvalue weighted by atomic mass is 19.1. The zero-order chi connectivity index (χ0) is 17.1. The molecule has 0 heterocycles. The highest BCUT2D eigenvalue weighted by Gasteiger charge is 2.48. The lowest BCUT2D eigenvalue weighted by atomic mass is 10.2. The molecule has 0 aliphatic heterocycles. The molecule has 0 spiro atoms. The smallest absolute Gasteiger partial charge is 0.228 e. The molecule has 2 aromatic rings. The number of carbonyl (C=O) groups is 2. The minimum atomic E-state index is -0.432. The van der Waals surface area contributed by atoms with E-state index in [1.54, 1.807) is 30.3 Å². The Hall–Kier alpha value is -3.20. The van der Waals surface area contributed by atoms with Crippen molar-refractivity contribution in [1.82, 2.24) is 0 Å². The molecular formula is C18H14FN3O2. The Morgan fingerprint density at radius 3 is 2.21 bits per heavy atom. The number of hydrogen-bond donors (Lipinski definition) is 2.